The highest BCUT2D eigenvalue weighted by atomic mass is 35.5. The van der Waals surface area contributed by atoms with Crippen LogP contribution in [0.4, 0.5) is 0 Å². The van der Waals surface area contributed by atoms with Crippen LogP contribution >= 0.6 is 11.6 Å². The van der Waals surface area contributed by atoms with E-state index in [4.69, 9.17) is 16.3 Å². The van der Waals surface area contributed by atoms with E-state index in [0.717, 1.165) is 17.9 Å². The first-order valence-corrected chi connectivity index (χ1v) is 6.10. The normalized spacial score (nSPS) is 16.6. The summed E-state index contributed by atoms with van der Waals surface area (Å²) in [6.45, 7) is 7.94. The molecule has 1 aliphatic heterocycles. The van der Waals surface area contributed by atoms with Crippen LogP contribution in [0.5, 0.6) is 5.75 Å². The van der Waals surface area contributed by atoms with Crippen LogP contribution in [0.15, 0.2) is 18.2 Å². The standard InChI is InChI=1S/C13H17ClNO/c1-11-4-5-12(14)13(10-11)16-9-8-15-6-2-3-7-15/h4-5,10H,1-3,6-9H2. The zero-order valence-electron chi connectivity index (χ0n) is 9.42. The predicted molar refractivity (Wildman–Crippen MR) is 67.1 cm³/mol. The van der Waals surface area contributed by atoms with Crippen LogP contribution in [0.2, 0.25) is 5.02 Å². The molecule has 0 spiro atoms. The second kappa shape index (κ2) is 5.55. The maximum absolute atomic E-state index is 6.03. The van der Waals surface area contributed by atoms with Gasteiger partial charge < -0.3 is 4.74 Å². The molecule has 3 heteroatoms. The molecule has 0 unspecified atom stereocenters. The Kier molecular flexibility index (Phi) is 4.08. The smallest absolute Gasteiger partial charge is 0.138 e. The monoisotopic (exact) mass is 238 g/mol. The molecular formula is C13H17ClNO. The van der Waals surface area contributed by atoms with E-state index < -0.39 is 0 Å². The van der Waals surface area contributed by atoms with Crippen LogP contribution in [-0.4, -0.2) is 31.1 Å². The Morgan fingerprint density at radius 1 is 1.31 bits per heavy atom. The molecule has 87 valence electrons. The number of hydrogen-bond donors (Lipinski definition) is 0. The van der Waals surface area contributed by atoms with Crippen LogP contribution in [0.1, 0.15) is 18.4 Å². The maximum atomic E-state index is 6.03. The third-order valence-corrected chi connectivity index (χ3v) is 3.17. The second-order valence-corrected chi connectivity index (χ2v) is 4.57. The summed E-state index contributed by atoms with van der Waals surface area (Å²) < 4.78 is 5.67. The summed E-state index contributed by atoms with van der Waals surface area (Å²) in [6.07, 6.45) is 2.63. The van der Waals surface area contributed by atoms with E-state index in [0.29, 0.717) is 11.6 Å². The summed E-state index contributed by atoms with van der Waals surface area (Å²) >= 11 is 6.03. The molecule has 1 radical (unpaired) electrons. The third-order valence-electron chi connectivity index (χ3n) is 2.86. The first-order valence-electron chi connectivity index (χ1n) is 5.72. The van der Waals surface area contributed by atoms with Gasteiger partial charge in [0.15, 0.2) is 0 Å². The fourth-order valence-electron chi connectivity index (χ4n) is 1.95. The Labute approximate surface area is 102 Å². The minimum absolute atomic E-state index is 0.661. The fraction of sp³-hybridized carbons (Fsp3) is 0.462. The molecule has 2 rings (SSSR count). The van der Waals surface area contributed by atoms with Crippen molar-refractivity contribution >= 4 is 11.6 Å². The SMILES string of the molecule is [CH2]c1ccc(Cl)c(OCCN2CCCC2)c1. The van der Waals surface area contributed by atoms with Gasteiger partial charge in [-0.1, -0.05) is 17.7 Å². The molecule has 0 atom stereocenters. The van der Waals surface area contributed by atoms with Gasteiger partial charge in [-0.3, -0.25) is 4.90 Å². The molecule has 0 bridgehead atoms. The summed E-state index contributed by atoms with van der Waals surface area (Å²) in [4.78, 5) is 2.42. The molecule has 1 heterocycles. The zero-order valence-corrected chi connectivity index (χ0v) is 10.2. The first-order chi connectivity index (χ1) is 7.75. The van der Waals surface area contributed by atoms with Gasteiger partial charge in [0.05, 0.1) is 5.02 Å². The summed E-state index contributed by atoms with van der Waals surface area (Å²) in [7, 11) is 0. The van der Waals surface area contributed by atoms with Gasteiger partial charge >= 0.3 is 0 Å². The van der Waals surface area contributed by atoms with E-state index in [1.165, 1.54) is 25.9 Å². The number of likely N-dealkylation sites (tertiary alicyclic amines) is 1. The van der Waals surface area contributed by atoms with Crippen LogP contribution in [-0.2, 0) is 0 Å². The molecule has 1 fully saturated rings. The molecular weight excluding hydrogens is 222 g/mol. The van der Waals surface area contributed by atoms with Crippen molar-refractivity contribution in [3.8, 4) is 5.75 Å². The van der Waals surface area contributed by atoms with Gasteiger partial charge in [-0.2, -0.15) is 0 Å². The molecule has 0 N–H and O–H groups in total. The Morgan fingerprint density at radius 3 is 2.81 bits per heavy atom. The zero-order chi connectivity index (χ0) is 11.4. The summed E-state index contributed by atoms with van der Waals surface area (Å²) in [5.41, 5.74) is 0.931. The van der Waals surface area contributed by atoms with Gasteiger partial charge in [-0.25, -0.2) is 0 Å². The van der Waals surface area contributed by atoms with Gasteiger partial charge in [0.25, 0.3) is 0 Å². The van der Waals surface area contributed by atoms with Crippen LogP contribution < -0.4 is 4.74 Å². The highest BCUT2D eigenvalue weighted by Crippen LogP contribution is 2.25. The molecule has 2 nitrogen and oxygen atoms in total. The highest BCUT2D eigenvalue weighted by Gasteiger charge is 2.11. The topological polar surface area (TPSA) is 12.5 Å². The minimum atomic E-state index is 0.661. The summed E-state index contributed by atoms with van der Waals surface area (Å²) in [5.74, 6) is 0.744. The van der Waals surface area contributed by atoms with Crippen molar-refractivity contribution in [2.24, 2.45) is 0 Å². The largest absolute Gasteiger partial charge is 0.491 e. The van der Waals surface area contributed by atoms with E-state index in [1.54, 1.807) is 0 Å². The van der Waals surface area contributed by atoms with E-state index in [1.807, 2.05) is 18.2 Å². The van der Waals surface area contributed by atoms with Crippen LogP contribution in [0.25, 0.3) is 0 Å². The van der Waals surface area contributed by atoms with E-state index in [9.17, 15) is 0 Å². The van der Waals surface area contributed by atoms with Gasteiger partial charge in [0, 0.05) is 6.54 Å². The number of rotatable bonds is 4. The van der Waals surface area contributed by atoms with E-state index >= 15 is 0 Å². The Hall–Kier alpha value is -0.730. The Balaban J connectivity index is 1.82. The van der Waals surface area contributed by atoms with Gasteiger partial charge in [0.2, 0.25) is 0 Å². The van der Waals surface area contributed by atoms with Crippen molar-refractivity contribution in [1.29, 1.82) is 0 Å². The predicted octanol–water partition coefficient (Wildman–Crippen LogP) is 3.00. The van der Waals surface area contributed by atoms with Crippen molar-refractivity contribution in [3.63, 3.8) is 0 Å². The third kappa shape index (κ3) is 3.13. The maximum Gasteiger partial charge on any atom is 0.138 e. The Bertz CT molecular complexity index is 348. The fourth-order valence-corrected chi connectivity index (χ4v) is 2.12. The lowest BCUT2D eigenvalue weighted by Crippen LogP contribution is -2.25. The van der Waals surface area contributed by atoms with Gasteiger partial charge in [-0.05, 0) is 50.6 Å². The molecule has 0 saturated carbocycles. The van der Waals surface area contributed by atoms with Crippen molar-refractivity contribution in [3.05, 3.63) is 35.7 Å². The number of nitrogens with zero attached hydrogens (tertiary/aromatic N) is 1. The molecule has 16 heavy (non-hydrogen) atoms. The first kappa shape index (κ1) is 11.7. The number of benzene rings is 1. The van der Waals surface area contributed by atoms with Gasteiger partial charge in [-0.15, -0.1) is 0 Å². The molecule has 1 saturated heterocycles. The summed E-state index contributed by atoms with van der Waals surface area (Å²) in [5, 5.41) is 0.661. The lowest BCUT2D eigenvalue weighted by atomic mass is 10.2. The quantitative estimate of drug-likeness (QED) is 0.800. The molecule has 0 aromatic heterocycles. The molecule has 1 aliphatic rings. The number of ether oxygens (including phenoxy) is 1. The lowest BCUT2D eigenvalue weighted by molar-refractivity contribution is 0.238. The van der Waals surface area contributed by atoms with Crippen LogP contribution in [0.3, 0.4) is 0 Å². The number of hydrogen-bond acceptors (Lipinski definition) is 2. The van der Waals surface area contributed by atoms with E-state index in [2.05, 4.69) is 11.8 Å². The van der Waals surface area contributed by atoms with Crippen LogP contribution in [0, 0.1) is 6.92 Å². The van der Waals surface area contributed by atoms with Crippen molar-refractivity contribution in [2.45, 2.75) is 12.8 Å². The highest BCUT2D eigenvalue weighted by molar-refractivity contribution is 6.32. The summed E-state index contributed by atoms with van der Waals surface area (Å²) in [6, 6.07) is 5.59. The second-order valence-electron chi connectivity index (χ2n) is 4.16. The molecule has 0 amide bonds. The minimum Gasteiger partial charge on any atom is -0.491 e. The molecule has 1 aromatic rings. The van der Waals surface area contributed by atoms with Gasteiger partial charge in [0.1, 0.15) is 12.4 Å². The molecule has 1 aromatic carbocycles. The molecule has 0 aliphatic carbocycles. The van der Waals surface area contributed by atoms with Crippen molar-refractivity contribution < 1.29 is 4.74 Å². The average Bonchev–Trinajstić information content (AvgIpc) is 2.76. The average molecular weight is 239 g/mol. The number of halogens is 1. The Morgan fingerprint density at radius 2 is 2.06 bits per heavy atom. The van der Waals surface area contributed by atoms with E-state index in [-0.39, 0.29) is 0 Å². The lowest BCUT2D eigenvalue weighted by Gasteiger charge is -2.15. The van der Waals surface area contributed by atoms with Crippen molar-refractivity contribution in [2.75, 3.05) is 26.2 Å². The van der Waals surface area contributed by atoms with Crippen molar-refractivity contribution in [1.82, 2.24) is 4.90 Å².